The summed E-state index contributed by atoms with van der Waals surface area (Å²) in [5, 5.41) is 0. The normalized spacial score (nSPS) is 14.0. The van der Waals surface area contributed by atoms with E-state index in [9.17, 15) is 8.42 Å². The van der Waals surface area contributed by atoms with Crippen LogP contribution in [0.1, 0.15) is 23.1 Å². The molecule has 0 fully saturated rings. The zero-order valence-electron chi connectivity index (χ0n) is 11.7. The molecule has 0 unspecified atom stereocenters. The number of rotatable bonds is 4. The molecule has 0 bridgehead atoms. The molecule has 0 aromatic heterocycles. The molecule has 5 heteroatoms. The summed E-state index contributed by atoms with van der Waals surface area (Å²) in [6.45, 7) is 0.383. The van der Waals surface area contributed by atoms with Gasteiger partial charge in [-0.3, -0.25) is 4.72 Å². The van der Waals surface area contributed by atoms with Crippen molar-refractivity contribution in [2.75, 3.05) is 4.72 Å². The predicted molar refractivity (Wildman–Crippen MR) is 83.6 cm³/mol. The van der Waals surface area contributed by atoms with Crippen molar-refractivity contribution in [3.8, 4) is 0 Å². The molecule has 0 saturated heterocycles. The molecular formula is C16H18N2O2S. The van der Waals surface area contributed by atoms with Crippen LogP contribution in [0.15, 0.2) is 47.4 Å². The van der Waals surface area contributed by atoms with Gasteiger partial charge in [-0.15, -0.1) is 0 Å². The Balaban J connectivity index is 1.89. The summed E-state index contributed by atoms with van der Waals surface area (Å²) in [7, 11) is -3.55. The van der Waals surface area contributed by atoms with Crippen molar-refractivity contribution in [3.63, 3.8) is 0 Å². The van der Waals surface area contributed by atoms with Crippen LogP contribution in [0.25, 0.3) is 0 Å². The third-order valence-corrected chi connectivity index (χ3v) is 5.17. The fourth-order valence-electron chi connectivity index (χ4n) is 2.69. The highest BCUT2D eigenvalue weighted by Crippen LogP contribution is 2.26. The van der Waals surface area contributed by atoms with Gasteiger partial charge in [0.05, 0.1) is 4.90 Å². The molecule has 3 N–H and O–H groups in total. The Bertz CT molecular complexity index is 770. The Labute approximate surface area is 125 Å². The number of nitrogens with one attached hydrogen (secondary N) is 1. The molecule has 1 aliphatic rings. The second-order valence-electron chi connectivity index (χ2n) is 5.29. The Kier molecular flexibility index (Phi) is 3.69. The fraction of sp³-hybridized carbons (Fsp3) is 0.250. The summed E-state index contributed by atoms with van der Waals surface area (Å²) in [6, 6.07) is 12.5. The van der Waals surface area contributed by atoms with E-state index in [-0.39, 0.29) is 0 Å². The quantitative estimate of drug-likeness (QED) is 0.911. The summed E-state index contributed by atoms with van der Waals surface area (Å²) < 4.78 is 27.5. The Hall–Kier alpha value is -1.85. The lowest BCUT2D eigenvalue weighted by atomic mass is 10.1. The van der Waals surface area contributed by atoms with Gasteiger partial charge in [0, 0.05) is 12.2 Å². The first-order chi connectivity index (χ1) is 10.1. The van der Waals surface area contributed by atoms with Gasteiger partial charge in [0.25, 0.3) is 10.0 Å². The lowest BCUT2D eigenvalue weighted by Crippen LogP contribution is -2.13. The largest absolute Gasteiger partial charge is 0.326 e. The minimum Gasteiger partial charge on any atom is -0.326 e. The average Bonchev–Trinajstić information content (AvgIpc) is 2.94. The van der Waals surface area contributed by atoms with Crippen LogP contribution in [0, 0.1) is 0 Å². The number of benzene rings is 2. The molecule has 0 spiro atoms. The fourth-order valence-corrected chi connectivity index (χ4v) is 3.79. The second-order valence-corrected chi connectivity index (χ2v) is 6.98. The average molecular weight is 302 g/mol. The second kappa shape index (κ2) is 5.50. The number of fused-ring (bicyclic) bond motifs is 1. The lowest BCUT2D eigenvalue weighted by Gasteiger charge is -2.10. The molecular weight excluding hydrogens is 284 g/mol. The first kappa shape index (κ1) is 14.1. The van der Waals surface area contributed by atoms with Crippen molar-refractivity contribution in [1.82, 2.24) is 0 Å². The number of anilines is 1. The molecule has 110 valence electrons. The van der Waals surface area contributed by atoms with E-state index >= 15 is 0 Å². The Morgan fingerprint density at radius 2 is 1.86 bits per heavy atom. The molecule has 0 saturated carbocycles. The maximum Gasteiger partial charge on any atom is 0.261 e. The van der Waals surface area contributed by atoms with Crippen molar-refractivity contribution in [1.29, 1.82) is 0 Å². The first-order valence-corrected chi connectivity index (χ1v) is 8.50. The summed E-state index contributed by atoms with van der Waals surface area (Å²) in [5.74, 6) is 0. The van der Waals surface area contributed by atoms with Crippen molar-refractivity contribution in [2.45, 2.75) is 30.7 Å². The van der Waals surface area contributed by atoms with Gasteiger partial charge in [-0.05, 0) is 60.2 Å². The van der Waals surface area contributed by atoms with Gasteiger partial charge < -0.3 is 5.73 Å². The van der Waals surface area contributed by atoms with E-state index in [0.717, 1.165) is 30.4 Å². The number of hydrogen-bond donors (Lipinski definition) is 2. The highest BCUT2D eigenvalue weighted by Gasteiger charge is 2.18. The monoisotopic (exact) mass is 302 g/mol. The summed E-state index contributed by atoms with van der Waals surface area (Å²) in [5.41, 5.74) is 9.42. The molecule has 21 heavy (non-hydrogen) atoms. The van der Waals surface area contributed by atoms with Crippen LogP contribution in [0.5, 0.6) is 0 Å². The smallest absolute Gasteiger partial charge is 0.261 e. The number of nitrogens with two attached hydrogens (primary N) is 1. The molecule has 0 atom stereocenters. The third kappa shape index (κ3) is 2.94. The SMILES string of the molecule is NCc1cccc(NS(=O)(=O)c2ccc3c(c2)CCC3)c1. The van der Waals surface area contributed by atoms with Crippen LogP contribution >= 0.6 is 0 Å². The van der Waals surface area contributed by atoms with Gasteiger partial charge in [0.1, 0.15) is 0 Å². The standard InChI is InChI=1S/C16H18N2O2S/c17-11-12-3-1-6-15(9-12)18-21(19,20)16-8-7-13-4-2-5-14(13)10-16/h1,3,6-10,18H,2,4-5,11,17H2. The molecule has 0 heterocycles. The molecule has 0 aliphatic heterocycles. The first-order valence-electron chi connectivity index (χ1n) is 7.02. The molecule has 2 aromatic rings. The highest BCUT2D eigenvalue weighted by molar-refractivity contribution is 7.92. The van der Waals surface area contributed by atoms with Gasteiger partial charge in [-0.25, -0.2) is 8.42 Å². The van der Waals surface area contributed by atoms with E-state index in [1.807, 2.05) is 12.1 Å². The number of aryl methyl sites for hydroxylation is 2. The third-order valence-electron chi connectivity index (χ3n) is 3.80. The molecule has 0 amide bonds. The van der Waals surface area contributed by atoms with Gasteiger partial charge in [-0.2, -0.15) is 0 Å². The van der Waals surface area contributed by atoms with Gasteiger partial charge in [0.2, 0.25) is 0 Å². The van der Waals surface area contributed by atoms with Gasteiger partial charge >= 0.3 is 0 Å². The topological polar surface area (TPSA) is 72.2 Å². The van der Waals surface area contributed by atoms with Crippen LogP contribution < -0.4 is 10.5 Å². The van der Waals surface area contributed by atoms with E-state index in [2.05, 4.69) is 4.72 Å². The molecule has 0 radical (unpaired) electrons. The van der Waals surface area contributed by atoms with E-state index in [4.69, 9.17) is 5.73 Å². The number of hydrogen-bond acceptors (Lipinski definition) is 3. The van der Waals surface area contributed by atoms with Crippen molar-refractivity contribution in [2.24, 2.45) is 5.73 Å². The molecule has 1 aliphatic carbocycles. The summed E-state index contributed by atoms with van der Waals surface area (Å²) >= 11 is 0. The summed E-state index contributed by atoms with van der Waals surface area (Å²) in [4.78, 5) is 0.321. The number of sulfonamides is 1. The Morgan fingerprint density at radius 1 is 1.05 bits per heavy atom. The van der Waals surface area contributed by atoms with Crippen LogP contribution in [0.4, 0.5) is 5.69 Å². The van der Waals surface area contributed by atoms with Crippen LogP contribution in [0.3, 0.4) is 0 Å². The summed E-state index contributed by atoms with van der Waals surface area (Å²) in [6.07, 6.45) is 3.10. The lowest BCUT2D eigenvalue weighted by molar-refractivity contribution is 0.601. The Morgan fingerprint density at radius 3 is 2.67 bits per heavy atom. The molecule has 4 nitrogen and oxygen atoms in total. The van der Waals surface area contributed by atoms with Crippen molar-refractivity contribution in [3.05, 3.63) is 59.2 Å². The zero-order chi connectivity index (χ0) is 14.9. The van der Waals surface area contributed by atoms with E-state index in [0.29, 0.717) is 17.1 Å². The van der Waals surface area contributed by atoms with E-state index < -0.39 is 10.0 Å². The minimum atomic E-state index is -3.55. The van der Waals surface area contributed by atoms with Gasteiger partial charge in [-0.1, -0.05) is 18.2 Å². The minimum absolute atomic E-state index is 0.321. The van der Waals surface area contributed by atoms with E-state index in [1.54, 1.807) is 30.3 Å². The van der Waals surface area contributed by atoms with Crippen LogP contribution in [-0.2, 0) is 29.4 Å². The van der Waals surface area contributed by atoms with Gasteiger partial charge in [0.15, 0.2) is 0 Å². The highest BCUT2D eigenvalue weighted by atomic mass is 32.2. The van der Waals surface area contributed by atoms with Crippen LogP contribution in [-0.4, -0.2) is 8.42 Å². The molecule has 3 rings (SSSR count). The maximum atomic E-state index is 12.5. The molecule has 2 aromatic carbocycles. The van der Waals surface area contributed by atoms with Crippen LogP contribution in [0.2, 0.25) is 0 Å². The maximum absolute atomic E-state index is 12.5. The van der Waals surface area contributed by atoms with Crippen molar-refractivity contribution < 1.29 is 8.42 Å². The zero-order valence-corrected chi connectivity index (χ0v) is 12.5. The predicted octanol–water partition coefficient (Wildman–Crippen LogP) is 2.43. The van der Waals surface area contributed by atoms with E-state index in [1.165, 1.54) is 5.56 Å². The van der Waals surface area contributed by atoms with Crippen molar-refractivity contribution >= 4 is 15.7 Å².